The third kappa shape index (κ3) is 5.42. The van der Waals surface area contributed by atoms with Crippen molar-refractivity contribution < 1.29 is 19.4 Å². The summed E-state index contributed by atoms with van der Waals surface area (Å²) in [6.45, 7) is 3.62. The highest BCUT2D eigenvalue weighted by Gasteiger charge is 2.19. The summed E-state index contributed by atoms with van der Waals surface area (Å²) in [5.41, 5.74) is 0.629. The molecular weight excluding hydrogens is 418 g/mol. The number of rotatable bonds is 7. The van der Waals surface area contributed by atoms with Gasteiger partial charge in [0.2, 0.25) is 5.91 Å². The van der Waals surface area contributed by atoms with Crippen molar-refractivity contribution in [3.63, 3.8) is 0 Å². The first-order valence-corrected chi connectivity index (χ1v) is 11.4. The summed E-state index contributed by atoms with van der Waals surface area (Å²) in [6, 6.07) is 14.7. The number of aromatic hydroxyl groups is 1. The van der Waals surface area contributed by atoms with E-state index < -0.39 is 5.91 Å². The molecule has 1 aliphatic heterocycles. The largest absolute Gasteiger partial charge is 0.505 e. The van der Waals surface area contributed by atoms with Crippen LogP contribution in [0.2, 0.25) is 0 Å². The SMILES string of the molecule is Cc1nc(C(=O)NCCCN2CCCCCC2=O)c(O)c2ccc(Oc3ccccc3)cc12. The second kappa shape index (κ2) is 10.3. The molecule has 1 saturated heterocycles. The fraction of sp³-hybridized carbons (Fsp3) is 0.346. The Morgan fingerprint density at radius 1 is 1.09 bits per heavy atom. The van der Waals surface area contributed by atoms with Crippen LogP contribution in [0.3, 0.4) is 0 Å². The summed E-state index contributed by atoms with van der Waals surface area (Å²) >= 11 is 0. The topological polar surface area (TPSA) is 91.8 Å². The summed E-state index contributed by atoms with van der Waals surface area (Å²) in [5, 5.41) is 14.8. The van der Waals surface area contributed by atoms with Gasteiger partial charge in [0.25, 0.3) is 5.91 Å². The van der Waals surface area contributed by atoms with Crippen molar-refractivity contribution in [2.24, 2.45) is 0 Å². The van der Waals surface area contributed by atoms with Gasteiger partial charge in [-0.2, -0.15) is 0 Å². The Hall–Kier alpha value is -3.61. The van der Waals surface area contributed by atoms with E-state index in [1.54, 1.807) is 19.1 Å². The Labute approximate surface area is 193 Å². The van der Waals surface area contributed by atoms with E-state index in [0.717, 1.165) is 31.2 Å². The molecule has 1 aliphatic rings. The number of carbonyl (C=O) groups excluding carboxylic acids is 2. The minimum atomic E-state index is -0.427. The third-order valence-corrected chi connectivity index (χ3v) is 5.90. The second-order valence-corrected chi connectivity index (χ2v) is 8.32. The van der Waals surface area contributed by atoms with Gasteiger partial charge in [0.05, 0.1) is 0 Å². The quantitative estimate of drug-likeness (QED) is 0.518. The summed E-state index contributed by atoms with van der Waals surface area (Å²) in [6.07, 6.45) is 4.34. The zero-order chi connectivity index (χ0) is 23.2. The number of benzene rings is 2. The zero-order valence-corrected chi connectivity index (χ0v) is 18.8. The van der Waals surface area contributed by atoms with Crippen LogP contribution in [-0.4, -0.2) is 46.4 Å². The molecule has 4 rings (SSSR count). The number of aromatic nitrogens is 1. The van der Waals surface area contributed by atoms with E-state index in [9.17, 15) is 14.7 Å². The van der Waals surface area contributed by atoms with Crippen molar-refractivity contribution in [3.8, 4) is 17.2 Å². The molecule has 0 aliphatic carbocycles. The Bertz CT molecular complexity index is 1150. The number of ether oxygens (including phenoxy) is 1. The fourth-order valence-corrected chi connectivity index (χ4v) is 4.11. The van der Waals surface area contributed by atoms with Crippen LogP contribution in [0, 0.1) is 6.92 Å². The molecular formula is C26H29N3O4. The number of hydrogen-bond donors (Lipinski definition) is 2. The lowest BCUT2D eigenvalue weighted by Gasteiger charge is -2.20. The predicted molar refractivity (Wildman–Crippen MR) is 127 cm³/mol. The molecule has 33 heavy (non-hydrogen) atoms. The number of nitrogens with one attached hydrogen (secondary N) is 1. The first-order valence-electron chi connectivity index (χ1n) is 11.4. The lowest BCUT2D eigenvalue weighted by molar-refractivity contribution is -0.130. The number of nitrogens with zero attached hydrogens (tertiary/aromatic N) is 2. The molecule has 2 N–H and O–H groups in total. The molecule has 3 aromatic rings. The van der Waals surface area contributed by atoms with Gasteiger partial charge in [0.15, 0.2) is 11.4 Å². The number of pyridine rings is 1. The average Bonchev–Trinajstić information content (AvgIpc) is 3.03. The zero-order valence-electron chi connectivity index (χ0n) is 18.8. The van der Waals surface area contributed by atoms with E-state index in [1.807, 2.05) is 41.3 Å². The van der Waals surface area contributed by atoms with Crippen LogP contribution in [0.15, 0.2) is 48.5 Å². The van der Waals surface area contributed by atoms with Crippen LogP contribution in [0.4, 0.5) is 0 Å². The minimum absolute atomic E-state index is 0.00239. The number of para-hydroxylation sites is 1. The van der Waals surface area contributed by atoms with Gasteiger partial charge >= 0.3 is 0 Å². The summed E-state index contributed by atoms with van der Waals surface area (Å²) in [7, 11) is 0. The highest BCUT2D eigenvalue weighted by Crippen LogP contribution is 2.33. The monoisotopic (exact) mass is 447 g/mol. The second-order valence-electron chi connectivity index (χ2n) is 8.32. The number of fused-ring (bicyclic) bond motifs is 1. The Balaban J connectivity index is 1.41. The van der Waals surface area contributed by atoms with Gasteiger partial charge in [-0.05, 0) is 56.5 Å². The van der Waals surface area contributed by atoms with Crippen LogP contribution < -0.4 is 10.1 Å². The Morgan fingerprint density at radius 3 is 2.73 bits per heavy atom. The lowest BCUT2D eigenvalue weighted by Crippen LogP contribution is -2.34. The summed E-state index contributed by atoms with van der Waals surface area (Å²) < 4.78 is 5.87. The van der Waals surface area contributed by atoms with Crippen LogP contribution in [-0.2, 0) is 4.79 Å². The highest BCUT2D eigenvalue weighted by molar-refractivity contribution is 6.02. The summed E-state index contributed by atoms with van der Waals surface area (Å²) in [5.74, 6) is 0.952. The number of amides is 2. The van der Waals surface area contributed by atoms with Gasteiger partial charge in [-0.25, -0.2) is 4.98 Å². The molecule has 2 aromatic carbocycles. The molecule has 172 valence electrons. The third-order valence-electron chi connectivity index (χ3n) is 5.90. The van der Waals surface area contributed by atoms with Crippen LogP contribution >= 0.6 is 0 Å². The maximum absolute atomic E-state index is 12.7. The Morgan fingerprint density at radius 2 is 1.91 bits per heavy atom. The van der Waals surface area contributed by atoms with Gasteiger partial charge in [0.1, 0.15) is 11.5 Å². The molecule has 0 saturated carbocycles. The van der Waals surface area contributed by atoms with Crippen LogP contribution in [0.25, 0.3) is 10.8 Å². The van der Waals surface area contributed by atoms with E-state index in [4.69, 9.17) is 4.74 Å². The van der Waals surface area contributed by atoms with Gasteiger partial charge in [0, 0.05) is 42.5 Å². The highest BCUT2D eigenvalue weighted by atomic mass is 16.5. The van der Waals surface area contributed by atoms with Crippen molar-refractivity contribution in [3.05, 3.63) is 59.9 Å². The van der Waals surface area contributed by atoms with E-state index >= 15 is 0 Å². The van der Waals surface area contributed by atoms with Gasteiger partial charge in [-0.15, -0.1) is 0 Å². The van der Waals surface area contributed by atoms with Crippen molar-refractivity contribution in [1.82, 2.24) is 15.2 Å². The van der Waals surface area contributed by atoms with Crippen LogP contribution in [0.5, 0.6) is 17.2 Å². The van der Waals surface area contributed by atoms with Crippen molar-refractivity contribution in [2.45, 2.75) is 39.0 Å². The van der Waals surface area contributed by atoms with Gasteiger partial charge in [-0.3, -0.25) is 9.59 Å². The number of hydrogen-bond acceptors (Lipinski definition) is 5. The standard InChI is InChI=1S/C26H29N3O4/c1-18-22-17-20(33-19-9-4-2-5-10-19)12-13-21(22)25(31)24(28-18)26(32)27-14-8-16-29-15-7-3-6-11-23(29)30/h2,4-5,9-10,12-13,17,31H,3,6-8,11,14-16H2,1H3,(H,27,32). The van der Waals surface area contributed by atoms with E-state index in [-0.39, 0.29) is 17.4 Å². The first-order chi connectivity index (χ1) is 16.0. The molecule has 0 unspecified atom stereocenters. The molecule has 0 bridgehead atoms. The Kier molecular flexibility index (Phi) is 7.07. The average molecular weight is 448 g/mol. The maximum Gasteiger partial charge on any atom is 0.273 e. The molecule has 1 fully saturated rings. The minimum Gasteiger partial charge on any atom is -0.505 e. The molecule has 2 heterocycles. The van der Waals surface area contributed by atoms with Gasteiger partial charge in [-0.1, -0.05) is 24.6 Å². The molecule has 1 aromatic heterocycles. The number of carbonyl (C=O) groups is 2. The smallest absolute Gasteiger partial charge is 0.273 e. The van der Waals surface area contributed by atoms with Gasteiger partial charge < -0.3 is 20.1 Å². The maximum atomic E-state index is 12.7. The molecule has 0 spiro atoms. The molecule has 2 amide bonds. The van der Waals surface area contributed by atoms with E-state index in [0.29, 0.717) is 48.5 Å². The normalized spacial score (nSPS) is 14.2. The summed E-state index contributed by atoms with van der Waals surface area (Å²) in [4.78, 5) is 31.0. The van der Waals surface area contributed by atoms with E-state index in [2.05, 4.69) is 10.3 Å². The molecule has 0 atom stereocenters. The number of aryl methyl sites for hydroxylation is 1. The molecule has 0 radical (unpaired) electrons. The van der Waals surface area contributed by atoms with Crippen molar-refractivity contribution in [2.75, 3.05) is 19.6 Å². The van der Waals surface area contributed by atoms with Crippen LogP contribution in [0.1, 0.15) is 48.3 Å². The van der Waals surface area contributed by atoms with Crippen molar-refractivity contribution >= 4 is 22.6 Å². The van der Waals surface area contributed by atoms with Crippen molar-refractivity contribution in [1.29, 1.82) is 0 Å². The number of likely N-dealkylation sites (tertiary alicyclic amines) is 1. The fourth-order valence-electron chi connectivity index (χ4n) is 4.11. The lowest BCUT2D eigenvalue weighted by atomic mass is 10.1. The predicted octanol–water partition coefficient (Wildman–Crippen LogP) is 4.56. The molecule has 7 heteroatoms. The molecule has 7 nitrogen and oxygen atoms in total. The first kappa shape index (κ1) is 22.6. The van der Waals surface area contributed by atoms with E-state index in [1.165, 1.54) is 0 Å².